The number of rotatable bonds is 2. The van der Waals surface area contributed by atoms with Crippen molar-refractivity contribution in [2.45, 2.75) is 6.54 Å². The van der Waals surface area contributed by atoms with Crippen LogP contribution in [0.1, 0.15) is 15.9 Å². The number of nitrogens with zero attached hydrogens (tertiary/aromatic N) is 1. The Morgan fingerprint density at radius 1 is 1.14 bits per heavy atom. The number of benzene rings is 2. The second kappa shape index (κ2) is 5.87. The molecule has 1 aliphatic rings. The molecule has 1 N–H and O–H groups in total. The van der Waals surface area contributed by atoms with E-state index in [0.717, 1.165) is 17.0 Å². The summed E-state index contributed by atoms with van der Waals surface area (Å²) in [5.74, 6) is 0.898. The van der Waals surface area contributed by atoms with Crippen LogP contribution in [-0.4, -0.2) is 31.0 Å². The van der Waals surface area contributed by atoms with Crippen LogP contribution in [-0.2, 0) is 6.54 Å². The van der Waals surface area contributed by atoms with Gasteiger partial charge in [0.2, 0.25) is 0 Å². The summed E-state index contributed by atoms with van der Waals surface area (Å²) in [4.78, 5) is 14.6. The van der Waals surface area contributed by atoms with Crippen LogP contribution < -0.4 is 10.1 Å². The van der Waals surface area contributed by atoms with E-state index in [1.807, 2.05) is 60.5 Å². The van der Waals surface area contributed by atoms with Gasteiger partial charge in [0.15, 0.2) is 0 Å². The monoisotopic (exact) mass is 282 g/mol. The Kier molecular flexibility index (Phi) is 3.77. The standard InChI is InChI=1S/C17H18N2O2/c1-18-15-8-4-3-7-14(15)17(20)19-10-11-21-16-9-5-2-6-13(16)12-19/h2-9,18H,10-12H2,1H3. The lowest BCUT2D eigenvalue weighted by Crippen LogP contribution is -2.32. The van der Waals surface area contributed by atoms with E-state index in [0.29, 0.717) is 25.3 Å². The Bertz CT molecular complexity index is 655. The van der Waals surface area contributed by atoms with Gasteiger partial charge in [-0.1, -0.05) is 30.3 Å². The Labute approximate surface area is 124 Å². The lowest BCUT2D eigenvalue weighted by atomic mass is 10.1. The normalized spacial score (nSPS) is 13.9. The molecular weight excluding hydrogens is 264 g/mol. The highest BCUT2D eigenvalue weighted by Crippen LogP contribution is 2.24. The van der Waals surface area contributed by atoms with Gasteiger partial charge in [-0.3, -0.25) is 4.79 Å². The van der Waals surface area contributed by atoms with E-state index in [9.17, 15) is 4.79 Å². The largest absolute Gasteiger partial charge is 0.491 e. The van der Waals surface area contributed by atoms with Crippen molar-refractivity contribution in [2.24, 2.45) is 0 Å². The maximum absolute atomic E-state index is 12.8. The van der Waals surface area contributed by atoms with Crippen LogP contribution in [0, 0.1) is 0 Å². The number of hydrogen-bond donors (Lipinski definition) is 1. The number of hydrogen-bond acceptors (Lipinski definition) is 3. The van der Waals surface area contributed by atoms with Gasteiger partial charge in [0.1, 0.15) is 12.4 Å². The Morgan fingerprint density at radius 2 is 1.90 bits per heavy atom. The maximum atomic E-state index is 12.8. The number of amides is 1. The fourth-order valence-electron chi connectivity index (χ4n) is 2.56. The van der Waals surface area contributed by atoms with Crippen molar-refractivity contribution in [2.75, 3.05) is 25.5 Å². The molecule has 0 bridgehead atoms. The van der Waals surface area contributed by atoms with Crippen molar-refractivity contribution in [3.05, 3.63) is 59.7 Å². The second-order valence-corrected chi connectivity index (χ2v) is 4.98. The predicted molar refractivity (Wildman–Crippen MR) is 82.7 cm³/mol. The molecule has 4 heteroatoms. The molecule has 1 aliphatic heterocycles. The first kappa shape index (κ1) is 13.5. The number of anilines is 1. The molecular formula is C17H18N2O2. The van der Waals surface area contributed by atoms with E-state index < -0.39 is 0 Å². The SMILES string of the molecule is CNc1ccccc1C(=O)N1CCOc2ccccc2C1. The number of para-hydroxylation sites is 2. The van der Waals surface area contributed by atoms with Crippen LogP contribution in [0.15, 0.2) is 48.5 Å². The average Bonchev–Trinajstić information content (AvgIpc) is 2.76. The van der Waals surface area contributed by atoms with Gasteiger partial charge in [-0.25, -0.2) is 0 Å². The predicted octanol–water partition coefficient (Wildman–Crippen LogP) is 2.76. The first-order chi connectivity index (χ1) is 10.3. The Morgan fingerprint density at radius 3 is 2.76 bits per heavy atom. The molecule has 0 aromatic heterocycles. The Balaban J connectivity index is 1.88. The molecule has 0 atom stereocenters. The summed E-state index contributed by atoms with van der Waals surface area (Å²) >= 11 is 0. The third-order valence-corrected chi connectivity index (χ3v) is 3.67. The van der Waals surface area contributed by atoms with Gasteiger partial charge >= 0.3 is 0 Å². The summed E-state index contributed by atoms with van der Waals surface area (Å²) in [6, 6.07) is 15.4. The molecule has 4 nitrogen and oxygen atoms in total. The van der Waals surface area contributed by atoms with Crippen LogP contribution in [0.3, 0.4) is 0 Å². The lowest BCUT2D eigenvalue weighted by Gasteiger charge is -2.21. The summed E-state index contributed by atoms with van der Waals surface area (Å²) in [5.41, 5.74) is 2.59. The summed E-state index contributed by atoms with van der Waals surface area (Å²) < 4.78 is 5.71. The molecule has 2 aromatic carbocycles. The molecule has 0 aliphatic carbocycles. The van der Waals surface area contributed by atoms with Gasteiger partial charge in [-0.15, -0.1) is 0 Å². The zero-order chi connectivity index (χ0) is 14.7. The lowest BCUT2D eigenvalue weighted by molar-refractivity contribution is 0.0734. The van der Waals surface area contributed by atoms with Gasteiger partial charge in [-0.05, 0) is 18.2 Å². The highest BCUT2D eigenvalue weighted by Gasteiger charge is 2.22. The highest BCUT2D eigenvalue weighted by molar-refractivity contribution is 5.99. The second-order valence-electron chi connectivity index (χ2n) is 4.98. The minimum absolute atomic E-state index is 0.0280. The summed E-state index contributed by atoms with van der Waals surface area (Å²) in [5, 5.41) is 3.07. The third kappa shape index (κ3) is 2.70. The summed E-state index contributed by atoms with van der Waals surface area (Å²) in [6.07, 6.45) is 0. The zero-order valence-corrected chi connectivity index (χ0v) is 12.0. The molecule has 0 radical (unpaired) electrons. The fraction of sp³-hybridized carbons (Fsp3) is 0.235. The van der Waals surface area contributed by atoms with Crippen molar-refractivity contribution < 1.29 is 9.53 Å². The van der Waals surface area contributed by atoms with Crippen molar-refractivity contribution in [3.63, 3.8) is 0 Å². The molecule has 2 aromatic rings. The molecule has 1 heterocycles. The van der Waals surface area contributed by atoms with E-state index in [1.54, 1.807) is 0 Å². The van der Waals surface area contributed by atoms with Crippen LogP contribution in [0.2, 0.25) is 0 Å². The molecule has 108 valence electrons. The molecule has 0 unspecified atom stereocenters. The summed E-state index contributed by atoms with van der Waals surface area (Å²) in [7, 11) is 1.83. The highest BCUT2D eigenvalue weighted by atomic mass is 16.5. The smallest absolute Gasteiger partial charge is 0.256 e. The van der Waals surface area contributed by atoms with Gasteiger partial charge in [0.25, 0.3) is 5.91 Å². The minimum atomic E-state index is 0.0280. The number of nitrogens with one attached hydrogen (secondary N) is 1. The number of carbonyl (C=O) groups excluding carboxylic acids is 1. The molecule has 21 heavy (non-hydrogen) atoms. The van der Waals surface area contributed by atoms with Gasteiger partial charge in [0.05, 0.1) is 12.1 Å². The Hall–Kier alpha value is -2.49. The molecule has 0 spiro atoms. The molecule has 1 amide bonds. The molecule has 0 fully saturated rings. The third-order valence-electron chi connectivity index (χ3n) is 3.67. The van der Waals surface area contributed by atoms with E-state index in [1.165, 1.54) is 0 Å². The van der Waals surface area contributed by atoms with Crippen molar-refractivity contribution >= 4 is 11.6 Å². The van der Waals surface area contributed by atoms with E-state index in [4.69, 9.17) is 4.74 Å². The first-order valence-corrected chi connectivity index (χ1v) is 7.06. The maximum Gasteiger partial charge on any atom is 0.256 e. The zero-order valence-electron chi connectivity index (χ0n) is 12.0. The topological polar surface area (TPSA) is 41.6 Å². The van der Waals surface area contributed by atoms with Crippen molar-refractivity contribution in [3.8, 4) is 5.75 Å². The van der Waals surface area contributed by atoms with Crippen molar-refractivity contribution in [1.29, 1.82) is 0 Å². The van der Waals surface area contributed by atoms with Gasteiger partial charge < -0.3 is 15.0 Å². The van der Waals surface area contributed by atoms with Crippen molar-refractivity contribution in [1.82, 2.24) is 4.90 Å². The molecule has 0 saturated carbocycles. The fourth-order valence-corrected chi connectivity index (χ4v) is 2.56. The van der Waals surface area contributed by atoms with Gasteiger partial charge in [0, 0.05) is 24.8 Å². The van der Waals surface area contributed by atoms with Crippen LogP contribution in [0.5, 0.6) is 5.75 Å². The van der Waals surface area contributed by atoms with E-state index in [2.05, 4.69) is 5.32 Å². The van der Waals surface area contributed by atoms with Crippen LogP contribution in [0.4, 0.5) is 5.69 Å². The minimum Gasteiger partial charge on any atom is -0.491 e. The van der Waals surface area contributed by atoms with Crippen LogP contribution in [0.25, 0.3) is 0 Å². The summed E-state index contributed by atoms with van der Waals surface area (Å²) in [6.45, 7) is 1.68. The first-order valence-electron chi connectivity index (χ1n) is 7.06. The van der Waals surface area contributed by atoms with E-state index in [-0.39, 0.29) is 5.91 Å². The molecule has 0 saturated heterocycles. The van der Waals surface area contributed by atoms with Crippen LogP contribution >= 0.6 is 0 Å². The number of fused-ring (bicyclic) bond motifs is 1. The number of ether oxygens (including phenoxy) is 1. The van der Waals surface area contributed by atoms with E-state index >= 15 is 0 Å². The number of carbonyl (C=O) groups is 1. The molecule has 3 rings (SSSR count). The quantitative estimate of drug-likeness (QED) is 0.921. The average molecular weight is 282 g/mol. The van der Waals surface area contributed by atoms with Gasteiger partial charge in [-0.2, -0.15) is 0 Å².